The number of hydrogen-bond acceptors (Lipinski definition) is 6. The first-order valence-corrected chi connectivity index (χ1v) is 5.95. The molecule has 0 aromatic heterocycles. The van der Waals surface area contributed by atoms with Crippen molar-refractivity contribution >= 4 is 17.3 Å². The van der Waals surface area contributed by atoms with E-state index in [0.29, 0.717) is 19.8 Å². The number of amides is 1. The van der Waals surface area contributed by atoms with Crippen LogP contribution in [-0.2, 0) is 9.47 Å². The van der Waals surface area contributed by atoms with Gasteiger partial charge < -0.3 is 20.5 Å². The number of benzene rings is 1. The van der Waals surface area contributed by atoms with Crippen LogP contribution in [0.15, 0.2) is 18.2 Å². The third kappa shape index (κ3) is 4.48. The highest BCUT2D eigenvalue weighted by Crippen LogP contribution is 2.24. The fourth-order valence-electron chi connectivity index (χ4n) is 1.49. The lowest BCUT2D eigenvalue weighted by Crippen LogP contribution is -2.28. The minimum absolute atomic E-state index is 0.0797. The van der Waals surface area contributed by atoms with E-state index in [9.17, 15) is 14.9 Å². The lowest BCUT2D eigenvalue weighted by molar-refractivity contribution is -0.383. The first-order chi connectivity index (χ1) is 9.57. The van der Waals surface area contributed by atoms with Gasteiger partial charge in [0.1, 0.15) is 5.69 Å². The number of nitrogens with zero attached hydrogens (tertiary/aromatic N) is 1. The maximum absolute atomic E-state index is 11.8. The average Bonchev–Trinajstić information content (AvgIpc) is 2.42. The Bertz CT molecular complexity index is 478. The SMILES string of the molecule is COCCOCCNC(=O)c1cccc([N+](=O)[O-])c1N. The molecule has 110 valence electrons. The van der Waals surface area contributed by atoms with Crippen molar-refractivity contribution in [3.05, 3.63) is 33.9 Å². The Balaban J connectivity index is 2.52. The van der Waals surface area contributed by atoms with E-state index in [2.05, 4.69) is 5.32 Å². The van der Waals surface area contributed by atoms with Crippen molar-refractivity contribution in [2.75, 3.05) is 39.2 Å². The summed E-state index contributed by atoms with van der Waals surface area (Å²) in [5, 5.41) is 13.3. The van der Waals surface area contributed by atoms with Crippen LogP contribution in [0, 0.1) is 10.1 Å². The summed E-state index contributed by atoms with van der Waals surface area (Å²) in [6.07, 6.45) is 0. The average molecular weight is 283 g/mol. The van der Waals surface area contributed by atoms with Gasteiger partial charge >= 0.3 is 0 Å². The van der Waals surface area contributed by atoms with Gasteiger partial charge in [-0.1, -0.05) is 6.07 Å². The molecule has 0 saturated carbocycles. The Kier molecular flexibility index (Phi) is 6.41. The van der Waals surface area contributed by atoms with E-state index in [4.69, 9.17) is 15.2 Å². The zero-order valence-corrected chi connectivity index (χ0v) is 11.1. The monoisotopic (exact) mass is 283 g/mol. The largest absolute Gasteiger partial charge is 0.393 e. The van der Waals surface area contributed by atoms with E-state index in [0.717, 1.165) is 0 Å². The molecule has 1 aromatic carbocycles. The highest BCUT2D eigenvalue weighted by Gasteiger charge is 2.18. The van der Waals surface area contributed by atoms with Crippen LogP contribution in [-0.4, -0.2) is 44.3 Å². The van der Waals surface area contributed by atoms with Crippen LogP contribution in [0.25, 0.3) is 0 Å². The fourth-order valence-corrected chi connectivity index (χ4v) is 1.49. The van der Waals surface area contributed by atoms with E-state index < -0.39 is 10.8 Å². The van der Waals surface area contributed by atoms with Gasteiger partial charge in [0, 0.05) is 19.7 Å². The maximum atomic E-state index is 11.8. The topological polar surface area (TPSA) is 117 Å². The van der Waals surface area contributed by atoms with E-state index >= 15 is 0 Å². The highest BCUT2D eigenvalue weighted by molar-refractivity contribution is 6.00. The number of carbonyl (C=O) groups is 1. The number of ether oxygens (including phenoxy) is 2. The predicted octanol–water partition coefficient (Wildman–Crippen LogP) is 0.570. The normalized spacial score (nSPS) is 10.2. The van der Waals surface area contributed by atoms with Crippen LogP contribution in [0.2, 0.25) is 0 Å². The Morgan fingerprint density at radius 2 is 2.15 bits per heavy atom. The predicted molar refractivity (Wildman–Crippen MR) is 72.5 cm³/mol. The lowest BCUT2D eigenvalue weighted by Gasteiger charge is -2.08. The molecule has 0 heterocycles. The van der Waals surface area contributed by atoms with Crippen molar-refractivity contribution in [3.8, 4) is 0 Å². The van der Waals surface area contributed by atoms with Gasteiger partial charge in [0.05, 0.1) is 30.3 Å². The second kappa shape index (κ2) is 8.08. The van der Waals surface area contributed by atoms with E-state index in [1.54, 1.807) is 7.11 Å². The van der Waals surface area contributed by atoms with Gasteiger partial charge in [-0.25, -0.2) is 0 Å². The second-order valence-electron chi connectivity index (χ2n) is 3.86. The number of nitrogen functional groups attached to an aromatic ring is 1. The van der Waals surface area contributed by atoms with Crippen molar-refractivity contribution in [1.82, 2.24) is 5.32 Å². The minimum atomic E-state index is -0.625. The molecule has 0 saturated heterocycles. The van der Waals surface area contributed by atoms with Gasteiger partial charge in [-0.15, -0.1) is 0 Å². The van der Waals surface area contributed by atoms with Gasteiger partial charge in [0.15, 0.2) is 0 Å². The van der Waals surface area contributed by atoms with Crippen molar-refractivity contribution < 1.29 is 19.2 Å². The summed E-state index contributed by atoms with van der Waals surface area (Å²) in [7, 11) is 1.57. The number of rotatable bonds is 8. The lowest BCUT2D eigenvalue weighted by atomic mass is 10.1. The van der Waals surface area contributed by atoms with Crippen molar-refractivity contribution in [2.45, 2.75) is 0 Å². The molecule has 0 unspecified atom stereocenters. The molecule has 1 rings (SSSR count). The summed E-state index contributed by atoms with van der Waals surface area (Å²) in [4.78, 5) is 21.9. The molecular weight excluding hydrogens is 266 g/mol. The van der Waals surface area contributed by atoms with E-state index in [1.165, 1.54) is 18.2 Å². The Labute approximate surface area is 116 Å². The highest BCUT2D eigenvalue weighted by atomic mass is 16.6. The summed E-state index contributed by atoms with van der Waals surface area (Å²) in [5.41, 5.74) is 5.26. The standard InChI is InChI=1S/C12H17N3O5/c1-19-7-8-20-6-5-14-12(16)9-3-2-4-10(11(9)13)15(17)18/h2-4H,5-8,13H2,1H3,(H,14,16). The molecule has 3 N–H and O–H groups in total. The van der Waals surface area contributed by atoms with Gasteiger partial charge in [-0.05, 0) is 6.07 Å². The van der Waals surface area contributed by atoms with Crippen molar-refractivity contribution in [1.29, 1.82) is 0 Å². The summed E-state index contributed by atoms with van der Waals surface area (Å²) >= 11 is 0. The van der Waals surface area contributed by atoms with Crippen molar-refractivity contribution in [3.63, 3.8) is 0 Å². The number of methoxy groups -OCH3 is 1. The number of nitro benzene ring substituents is 1. The number of nitro groups is 1. The van der Waals surface area contributed by atoms with Crippen LogP contribution in [0.4, 0.5) is 11.4 Å². The molecule has 0 bridgehead atoms. The molecule has 8 heteroatoms. The third-order valence-corrected chi connectivity index (χ3v) is 2.49. The zero-order chi connectivity index (χ0) is 15.0. The maximum Gasteiger partial charge on any atom is 0.292 e. The molecule has 1 amide bonds. The smallest absolute Gasteiger partial charge is 0.292 e. The Hall–Kier alpha value is -2.19. The van der Waals surface area contributed by atoms with E-state index in [1.807, 2.05) is 0 Å². The fraction of sp³-hybridized carbons (Fsp3) is 0.417. The molecule has 0 aliphatic heterocycles. The van der Waals surface area contributed by atoms with Gasteiger partial charge in [0.25, 0.3) is 11.6 Å². The molecule has 20 heavy (non-hydrogen) atoms. The van der Waals surface area contributed by atoms with Crippen LogP contribution >= 0.6 is 0 Å². The molecule has 0 spiro atoms. The van der Waals surface area contributed by atoms with Crippen LogP contribution in [0.5, 0.6) is 0 Å². The Morgan fingerprint density at radius 1 is 1.40 bits per heavy atom. The number of carbonyl (C=O) groups excluding carboxylic acids is 1. The van der Waals surface area contributed by atoms with Crippen molar-refractivity contribution in [2.24, 2.45) is 0 Å². The van der Waals surface area contributed by atoms with Gasteiger partial charge in [0.2, 0.25) is 0 Å². The summed E-state index contributed by atoms with van der Waals surface area (Å²) in [6.45, 7) is 1.52. The molecule has 0 aliphatic rings. The molecule has 1 aromatic rings. The third-order valence-electron chi connectivity index (χ3n) is 2.49. The molecule has 0 aliphatic carbocycles. The first-order valence-electron chi connectivity index (χ1n) is 5.95. The molecule has 0 radical (unpaired) electrons. The number of nitrogens with one attached hydrogen (secondary N) is 1. The number of nitrogens with two attached hydrogens (primary N) is 1. The van der Waals surface area contributed by atoms with Crippen LogP contribution in [0.1, 0.15) is 10.4 Å². The number of hydrogen-bond donors (Lipinski definition) is 2. The molecule has 0 atom stereocenters. The van der Waals surface area contributed by atoms with E-state index in [-0.39, 0.29) is 23.5 Å². The zero-order valence-electron chi connectivity index (χ0n) is 11.1. The van der Waals surface area contributed by atoms with Gasteiger partial charge in [-0.3, -0.25) is 14.9 Å². The first kappa shape index (κ1) is 15.9. The summed E-state index contributed by atoms with van der Waals surface area (Å²) in [6, 6.07) is 4.10. The quantitative estimate of drug-likeness (QED) is 0.312. The summed E-state index contributed by atoms with van der Waals surface area (Å²) < 4.78 is 9.97. The molecule has 0 fully saturated rings. The second-order valence-corrected chi connectivity index (χ2v) is 3.86. The van der Waals surface area contributed by atoms with Crippen LogP contribution in [0.3, 0.4) is 0 Å². The van der Waals surface area contributed by atoms with Crippen LogP contribution < -0.4 is 11.1 Å². The number of anilines is 1. The molecule has 8 nitrogen and oxygen atoms in total. The number of para-hydroxylation sites is 1. The summed E-state index contributed by atoms with van der Waals surface area (Å²) in [5.74, 6) is -0.471. The molecular formula is C12H17N3O5. The Morgan fingerprint density at radius 3 is 2.80 bits per heavy atom. The van der Waals surface area contributed by atoms with Gasteiger partial charge in [-0.2, -0.15) is 0 Å². The minimum Gasteiger partial charge on any atom is -0.393 e.